The summed E-state index contributed by atoms with van der Waals surface area (Å²) in [6.45, 7) is 10.8. The smallest absolute Gasteiger partial charge is 0.870 e. The van der Waals surface area contributed by atoms with E-state index in [2.05, 4.69) is 6.92 Å². The van der Waals surface area contributed by atoms with Crippen LogP contribution in [0.3, 0.4) is 0 Å². The van der Waals surface area contributed by atoms with Gasteiger partial charge < -0.3 is 54.0 Å². The third-order valence-electron chi connectivity index (χ3n) is 6.42. The Balaban J connectivity index is -0.000000609. The maximum Gasteiger partial charge on any atom is 1.00 e. The fourth-order valence-electron chi connectivity index (χ4n) is 2.79. The van der Waals surface area contributed by atoms with E-state index in [1.807, 2.05) is 6.92 Å². The van der Waals surface area contributed by atoms with E-state index in [1.165, 1.54) is 0 Å². The molecule has 232 valence electrons. The normalized spacial score (nSPS) is 24.8. The standard InChI is InChI=1S/C15H26O6.C6H14O3.C3H5ClO.2CH4.Na.H2O/c1-2-15(9-16-3-12-6-19-12,10-17-4-13-7-20-13)11-18-5-14-8-21-14;1-2-6(3-7,4-8)5-9;4-1-3-2-5-3;;;;/h12-14H,2-11H2,1H3;7-9H,2-5H2,1H3;3H,1-2H2;2*1H4;;1H2/q;;;;;+1;/p-1. The molecular formula is C26H54ClNaO11. The number of hydrogen-bond acceptors (Lipinski definition) is 11. The molecule has 0 aromatic heterocycles. The summed E-state index contributed by atoms with van der Waals surface area (Å²) in [5, 5.41) is 26.0. The molecule has 0 spiro atoms. The molecule has 4 fully saturated rings. The Labute approximate surface area is 262 Å². The molecular weight excluding hydrogens is 547 g/mol. The zero-order valence-electron chi connectivity index (χ0n) is 22.6. The van der Waals surface area contributed by atoms with Crippen LogP contribution in [0.5, 0.6) is 0 Å². The first-order valence-electron chi connectivity index (χ1n) is 12.6. The van der Waals surface area contributed by atoms with E-state index in [1.54, 1.807) is 0 Å². The summed E-state index contributed by atoms with van der Waals surface area (Å²) >= 11 is 5.27. The number of rotatable bonds is 18. The van der Waals surface area contributed by atoms with Gasteiger partial charge in [0.1, 0.15) is 18.3 Å². The number of halogens is 1. The van der Waals surface area contributed by atoms with Crippen molar-refractivity contribution in [3.05, 3.63) is 0 Å². The van der Waals surface area contributed by atoms with E-state index in [4.69, 9.17) is 60.1 Å². The first-order valence-corrected chi connectivity index (χ1v) is 13.1. The van der Waals surface area contributed by atoms with Crippen molar-refractivity contribution < 1.29 is 83.5 Å². The number of aliphatic hydroxyl groups is 3. The van der Waals surface area contributed by atoms with Crippen molar-refractivity contribution in [2.24, 2.45) is 10.8 Å². The minimum absolute atomic E-state index is 0. The number of epoxide rings is 4. The van der Waals surface area contributed by atoms with Crippen molar-refractivity contribution >= 4 is 11.6 Å². The van der Waals surface area contributed by atoms with Gasteiger partial charge in [0, 0.05) is 10.8 Å². The second-order valence-corrected chi connectivity index (χ2v) is 10.0. The van der Waals surface area contributed by atoms with Gasteiger partial charge >= 0.3 is 29.6 Å². The number of hydrogen-bond donors (Lipinski definition) is 3. The van der Waals surface area contributed by atoms with Crippen LogP contribution >= 0.6 is 11.6 Å². The first-order chi connectivity index (χ1) is 17.0. The molecule has 0 amide bonds. The maximum absolute atomic E-state index is 8.66. The number of ether oxygens (including phenoxy) is 7. The first kappa shape index (κ1) is 44.3. The van der Waals surface area contributed by atoms with Gasteiger partial charge in [-0.25, -0.2) is 0 Å². The van der Waals surface area contributed by atoms with Crippen LogP contribution in [0, 0.1) is 10.8 Å². The van der Waals surface area contributed by atoms with Crippen LogP contribution in [0.15, 0.2) is 0 Å². The Morgan fingerprint density at radius 1 is 0.641 bits per heavy atom. The fourth-order valence-corrected chi connectivity index (χ4v) is 2.97. The van der Waals surface area contributed by atoms with Gasteiger partial charge in [-0.05, 0) is 12.8 Å². The van der Waals surface area contributed by atoms with Crippen LogP contribution in [0.4, 0.5) is 0 Å². The average Bonchev–Trinajstić information content (AvgIpc) is 3.71. The van der Waals surface area contributed by atoms with Crippen molar-refractivity contribution in [1.82, 2.24) is 0 Å². The zero-order chi connectivity index (χ0) is 25.6. The van der Waals surface area contributed by atoms with Gasteiger partial charge in [-0.1, -0.05) is 28.7 Å². The molecule has 4 saturated heterocycles. The Bertz CT molecular complexity index is 481. The summed E-state index contributed by atoms with van der Waals surface area (Å²) in [7, 11) is 0. The molecule has 4 rings (SSSR count). The summed E-state index contributed by atoms with van der Waals surface area (Å²) in [4.78, 5) is 0. The van der Waals surface area contributed by atoms with Crippen molar-refractivity contribution in [1.29, 1.82) is 0 Å². The van der Waals surface area contributed by atoms with Gasteiger partial charge in [-0.15, -0.1) is 11.6 Å². The molecule has 4 unspecified atom stereocenters. The van der Waals surface area contributed by atoms with Gasteiger partial charge in [-0.3, -0.25) is 0 Å². The molecule has 4 heterocycles. The van der Waals surface area contributed by atoms with Crippen LogP contribution in [-0.4, -0.2) is 137 Å². The van der Waals surface area contributed by atoms with Crippen LogP contribution in [0.1, 0.15) is 41.5 Å². The fraction of sp³-hybridized carbons (Fsp3) is 1.00. The van der Waals surface area contributed by atoms with Gasteiger partial charge in [0.05, 0.1) is 97.9 Å². The topological polar surface area (TPSA) is 168 Å². The van der Waals surface area contributed by atoms with E-state index >= 15 is 0 Å². The number of aliphatic hydroxyl groups excluding tert-OH is 3. The van der Waals surface area contributed by atoms with Gasteiger partial charge in [0.2, 0.25) is 0 Å². The summed E-state index contributed by atoms with van der Waals surface area (Å²) < 4.78 is 37.7. The molecule has 0 aromatic carbocycles. The predicted octanol–water partition coefficient (Wildman–Crippen LogP) is -1.29. The third kappa shape index (κ3) is 20.4. The second kappa shape index (κ2) is 24.3. The minimum Gasteiger partial charge on any atom is -0.870 e. The molecule has 4 N–H and O–H groups in total. The van der Waals surface area contributed by atoms with Crippen molar-refractivity contribution in [2.45, 2.75) is 66.0 Å². The maximum atomic E-state index is 8.66. The van der Waals surface area contributed by atoms with E-state index < -0.39 is 5.41 Å². The molecule has 4 aliphatic rings. The molecule has 0 bridgehead atoms. The van der Waals surface area contributed by atoms with Crippen LogP contribution in [-0.2, 0) is 33.2 Å². The monoisotopic (exact) mass is 600 g/mol. The Morgan fingerprint density at radius 3 is 1.05 bits per heavy atom. The largest absolute Gasteiger partial charge is 1.00 e. The second-order valence-electron chi connectivity index (χ2n) is 9.70. The van der Waals surface area contributed by atoms with E-state index in [0.717, 1.165) is 32.8 Å². The minimum atomic E-state index is -0.667. The summed E-state index contributed by atoms with van der Waals surface area (Å²) in [5.41, 5.74) is -0.765. The zero-order valence-corrected chi connectivity index (χ0v) is 25.4. The Kier molecular flexibility index (Phi) is 27.6. The van der Waals surface area contributed by atoms with Crippen LogP contribution < -0.4 is 29.6 Å². The molecule has 4 atom stereocenters. The molecule has 0 saturated carbocycles. The van der Waals surface area contributed by atoms with E-state index in [-0.39, 0.29) is 75.1 Å². The van der Waals surface area contributed by atoms with Gasteiger partial charge in [0.25, 0.3) is 0 Å². The van der Waals surface area contributed by atoms with Crippen molar-refractivity contribution in [3.63, 3.8) is 0 Å². The van der Waals surface area contributed by atoms with E-state index in [9.17, 15) is 0 Å². The SMILES string of the molecule is C.C.CCC(CO)(CO)CO.CCC(COCC1CO1)(COCC1CO1)COCC1CO1.ClCC1CO1.[Na+].[OH-]. The number of alkyl halides is 1. The molecule has 0 aliphatic carbocycles. The van der Waals surface area contributed by atoms with Gasteiger partial charge in [-0.2, -0.15) is 0 Å². The molecule has 39 heavy (non-hydrogen) atoms. The van der Waals surface area contributed by atoms with Crippen LogP contribution in [0.2, 0.25) is 0 Å². The van der Waals surface area contributed by atoms with E-state index in [0.29, 0.717) is 76.4 Å². The Morgan fingerprint density at radius 2 is 0.923 bits per heavy atom. The summed E-state index contributed by atoms with van der Waals surface area (Å²) in [6, 6.07) is 0. The Hall–Kier alpha value is 0.850. The molecule has 0 aromatic rings. The molecule has 13 heteroatoms. The van der Waals surface area contributed by atoms with Crippen molar-refractivity contribution in [3.8, 4) is 0 Å². The summed E-state index contributed by atoms with van der Waals surface area (Å²) in [6.07, 6.45) is 2.83. The quantitative estimate of drug-likeness (QED) is 0.0972. The summed E-state index contributed by atoms with van der Waals surface area (Å²) in [5.74, 6) is 0.667. The van der Waals surface area contributed by atoms with Gasteiger partial charge in [0.15, 0.2) is 0 Å². The average molecular weight is 601 g/mol. The molecule has 4 aliphatic heterocycles. The molecule has 11 nitrogen and oxygen atoms in total. The van der Waals surface area contributed by atoms with Crippen LogP contribution in [0.25, 0.3) is 0 Å². The third-order valence-corrected chi connectivity index (χ3v) is 6.77. The molecule has 0 radical (unpaired) electrons. The van der Waals surface area contributed by atoms with Crippen molar-refractivity contribution in [2.75, 3.05) is 91.8 Å². The predicted molar refractivity (Wildman–Crippen MR) is 144 cm³/mol.